The van der Waals surface area contributed by atoms with Crippen molar-refractivity contribution in [3.63, 3.8) is 0 Å². The third-order valence-electron chi connectivity index (χ3n) is 1.66. The van der Waals surface area contributed by atoms with Crippen LogP contribution in [0.1, 0.15) is 45.0 Å². The summed E-state index contributed by atoms with van der Waals surface area (Å²) in [7, 11) is 0. The molecular weight excluding hydrogens is 242 g/mol. The van der Waals surface area contributed by atoms with Gasteiger partial charge in [-0.2, -0.15) is 0 Å². The molecule has 1 rings (SSSR count). The lowest BCUT2D eigenvalue weighted by Crippen LogP contribution is -2.46. The zero-order valence-corrected chi connectivity index (χ0v) is 12.4. The Hall–Kier alpha value is -2.04. The molecule has 1 aromatic rings. The molecule has 0 atom stereocenters. The van der Waals surface area contributed by atoms with E-state index in [2.05, 4.69) is 16.2 Å². The topological polar surface area (TPSA) is 70.2 Å². The molecule has 0 spiro atoms. The van der Waals surface area contributed by atoms with Crippen LogP contribution in [0.2, 0.25) is 0 Å². The molecule has 0 aromatic heterocycles. The number of hydrazine groups is 1. The lowest BCUT2D eigenvalue weighted by molar-refractivity contribution is 0.0936. The second kappa shape index (κ2) is 14.0. The molecule has 3 amide bonds. The first-order valence-corrected chi connectivity index (χ1v) is 6.63. The smallest absolute Gasteiger partial charge is 0.333 e. The van der Waals surface area contributed by atoms with E-state index in [1.807, 2.05) is 33.8 Å². The van der Waals surface area contributed by atoms with E-state index in [1.165, 1.54) is 0 Å². The lowest BCUT2D eigenvalue weighted by atomic mass is 10.2. The summed E-state index contributed by atoms with van der Waals surface area (Å²) in [6.45, 7) is 10.3. The lowest BCUT2D eigenvalue weighted by Gasteiger charge is -2.07. The van der Waals surface area contributed by atoms with Gasteiger partial charge >= 0.3 is 6.03 Å². The van der Waals surface area contributed by atoms with Gasteiger partial charge in [0.2, 0.25) is 0 Å². The van der Waals surface area contributed by atoms with Crippen LogP contribution in [0.25, 0.3) is 0 Å². The molecule has 0 radical (unpaired) electrons. The van der Waals surface area contributed by atoms with Crippen LogP contribution < -0.4 is 16.2 Å². The van der Waals surface area contributed by atoms with Gasteiger partial charge in [0.25, 0.3) is 5.91 Å². The van der Waals surface area contributed by atoms with Crippen LogP contribution in [-0.4, -0.2) is 18.5 Å². The Morgan fingerprint density at radius 3 is 1.95 bits per heavy atom. The third kappa shape index (κ3) is 9.64. The van der Waals surface area contributed by atoms with Crippen LogP contribution in [-0.2, 0) is 0 Å². The molecule has 5 heteroatoms. The van der Waals surface area contributed by atoms with Crippen molar-refractivity contribution in [3.8, 4) is 0 Å². The normalized spacial score (nSPS) is 7.84. The fraction of sp³-hybridized carbons (Fsp3) is 0.429. The van der Waals surface area contributed by atoms with E-state index in [9.17, 15) is 9.59 Å². The Kier molecular flexibility index (Phi) is 14.2. The fourth-order valence-corrected chi connectivity index (χ4v) is 0.980. The molecule has 108 valence electrons. The van der Waals surface area contributed by atoms with Crippen LogP contribution in [0.3, 0.4) is 0 Å². The maximum Gasteiger partial charge on any atom is 0.333 e. The van der Waals surface area contributed by atoms with E-state index in [-0.39, 0.29) is 5.91 Å². The van der Waals surface area contributed by atoms with E-state index < -0.39 is 6.03 Å². The van der Waals surface area contributed by atoms with Gasteiger partial charge in [0.1, 0.15) is 0 Å². The number of amides is 3. The summed E-state index contributed by atoms with van der Waals surface area (Å²) in [6, 6.07) is 8.21. The van der Waals surface area contributed by atoms with Crippen LogP contribution in [0.15, 0.2) is 30.3 Å². The number of benzene rings is 1. The summed E-state index contributed by atoms with van der Waals surface area (Å²) in [4.78, 5) is 22.3. The Morgan fingerprint density at radius 2 is 1.47 bits per heavy atom. The molecule has 1 aromatic carbocycles. The van der Waals surface area contributed by atoms with Gasteiger partial charge < -0.3 is 5.32 Å². The van der Waals surface area contributed by atoms with E-state index in [0.717, 1.165) is 0 Å². The van der Waals surface area contributed by atoms with Gasteiger partial charge in [-0.15, -0.1) is 0 Å². The second-order valence-electron chi connectivity index (χ2n) is 2.80. The molecule has 0 aliphatic carbocycles. The molecule has 0 bridgehead atoms. The summed E-state index contributed by atoms with van der Waals surface area (Å²) in [5.74, 6) is -0.346. The standard InChI is InChI=1S/C10H13N3O2.2C2H6/c1-2-11-10(15)13-12-9(14)8-6-4-3-5-7-8;2*1-2/h3-7H,2H2,1H3,(H,12,14)(H2,11,13,15);2*1-2H3. The minimum Gasteiger partial charge on any atom is -0.337 e. The van der Waals surface area contributed by atoms with Crippen molar-refractivity contribution in [1.82, 2.24) is 16.2 Å². The van der Waals surface area contributed by atoms with Crippen LogP contribution in [0.4, 0.5) is 4.79 Å². The van der Waals surface area contributed by atoms with Gasteiger partial charge in [-0.3, -0.25) is 10.2 Å². The average molecular weight is 267 g/mol. The largest absolute Gasteiger partial charge is 0.337 e. The SMILES string of the molecule is CC.CC.CCNC(=O)NNC(=O)c1ccccc1. The van der Waals surface area contributed by atoms with Crippen LogP contribution >= 0.6 is 0 Å². The Balaban J connectivity index is 0. The van der Waals surface area contributed by atoms with Crippen molar-refractivity contribution in [2.24, 2.45) is 0 Å². The summed E-state index contributed by atoms with van der Waals surface area (Å²) in [6.07, 6.45) is 0. The van der Waals surface area contributed by atoms with Crippen molar-refractivity contribution in [2.75, 3.05) is 6.54 Å². The zero-order valence-electron chi connectivity index (χ0n) is 12.4. The molecule has 0 saturated carbocycles. The van der Waals surface area contributed by atoms with Gasteiger partial charge in [0, 0.05) is 12.1 Å². The molecule has 0 fully saturated rings. The predicted molar refractivity (Wildman–Crippen MR) is 78.8 cm³/mol. The van der Waals surface area contributed by atoms with Gasteiger partial charge in [0.05, 0.1) is 0 Å². The van der Waals surface area contributed by atoms with Gasteiger partial charge in [-0.25, -0.2) is 10.2 Å². The first-order chi connectivity index (χ1) is 9.24. The molecule has 3 N–H and O–H groups in total. The first-order valence-electron chi connectivity index (χ1n) is 6.63. The monoisotopic (exact) mass is 267 g/mol. The predicted octanol–water partition coefficient (Wildman–Crippen LogP) is 2.70. The van der Waals surface area contributed by atoms with Gasteiger partial charge in [-0.1, -0.05) is 45.9 Å². The number of hydrogen-bond donors (Lipinski definition) is 3. The Bertz CT molecular complexity index is 340. The van der Waals surface area contributed by atoms with Crippen LogP contribution in [0, 0.1) is 0 Å². The molecular formula is C14H25N3O2. The molecule has 0 aliphatic heterocycles. The summed E-state index contributed by atoms with van der Waals surface area (Å²) in [5, 5.41) is 2.49. The Morgan fingerprint density at radius 1 is 0.947 bits per heavy atom. The minimum absolute atomic E-state index is 0.346. The summed E-state index contributed by atoms with van der Waals surface area (Å²) in [5.41, 5.74) is 5.01. The minimum atomic E-state index is -0.429. The molecule has 19 heavy (non-hydrogen) atoms. The third-order valence-corrected chi connectivity index (χ3v) is 1.66. The molecule has 0 saturated heterocycles. The number of rotatable bonds is 2. The first kappa shape index (κ1) is 19.3. The number of carbonyl (C=O) groups excluding carboxylic acids is 2. The molecule has 0 unspecified atom stereocenters. The highest BCUT2D eigenvalue weighted by atomic mass is 16.2. The van der Waals surface area contributed by atoms with Crippen molar-refractivity contribution >= 4 is 11.9 Å². The van der Waals surface area contributed by atoms with Crippen molar-refractivity contribution in [1.29, 1.82) is 0 Å². The van der Waals surface area contributed by atoms with Gasteiger partial charge in [0.15, 0.2) is 0 Å². The number of urea groups is 1. The molecule has 0 aliphatic rings. The van der Waals surface area contributed by atoms with Crippen molar-refractivity contribution < 1.29 is 9.59 Å². The second-order valence-corrected chi connectivity index (χ2v) is 2.80. The highest BCUT2D eigenvalue weighted by Crippen LogP contribution is 1.96. The average Bonchev–Trinajstić information content (AvgIpc) is 2.50. The molecule has 0 heterocycles. The maximum absolute atomic E-state index is 11.4. The maximum atomic E-state index is 11.4. The highest BCUT2D eigenvalue weighted by Gasteiger charge is 2.04. The van der Waals surface area contributed by atoms with Crippen LogP contribution in [0.5, 0.6) is 0 Å². The quantitative estimate of drug-likeness (QED) is 0.721. The summed E-state index contributed by atoms with van der Waals surface area (Å²) >= 11 is 0. The zero-order chi connectivity index (χ0) is 15.1. The number of nitrogens with one attached hydrogen (secondary N) is 3. The van der Waals surface area contributed by atoms with E-state index in [4.69, 9.17) is 0 Å². The number of hydrogen-bond acceptors (Lipinski definition) is 2. The van der Waals surface area contributed by atoms with E-state index in [1.54, 1.807) is 31.2 Å². The van der Waals surface area contributed by atoms with E-state index in [0.29, 0.717) is 12.1 Å². The fourth-order valence-electron chi connectivity index (χ4n) is 0.980. The molecule has 5 nitrogen and oxygen atoms in total. The highest BCUT2D eigenvalue weighted by molar-refractivity contribution is 5.95. The number of carbonyl (C=O) groups is 2. The van der Waals surface area contributed by atoms with E-state index >= 15 is 0 Å². The van der Waals surface area contributed by atoms with Gasteiger partial charge in [-0.05, 0) is 19.1 Å². The van der Waals surface area contributed by atoms with Crippen molar-refractivity contribution in [2.45, 2.75) is 34.6 Å². The Labute approximate surface area is 115 Å². The van der Waals surface area contributed by atoms with Crippen molar-refractivity contribution in [3.05, 3.63) is 35.9 Å². The summed E-state index contributed by atoms with van der Waals surface area (Å²) < 4.78 is 0.